The Morgan fingerprint density at radius 2 is 2.10 bits per heavy atom. The van der Waals surface area contributed by atoms with Gasteiger partial charge in [-0.3, -0.25) is 0 Å². The second-order valence-corrected chi connectivity index (χ2v) is 6.98. The first-order chi connectivity index (χ1) is 9.95. The first kappa shape index (κ1) is 14.2. The second-order valence-electron chi connectivity index (χ2n) is 5.27. The molecule has 0 radical (unpaired) electrons. The lowest BCUT2D eigenvalue weighted by Crippen LogP contribution is -2.23. The van der Waals surface area contributed by atoms with Crippen LogP contribution in [-0.2, 0) is 36.7 Å². The number of nitrogens with one attached hydrogen (secondary N) is 2. The monoisotopic (exact) mass is 306 g/mol. The summed E-state index contributed by atoms with van der Waals surface area (Å²) in [5.74, 6) is 0.666. The summed E-state index contributed by atoms with van der Waals surface area (Å²) in [5, 5.41) is 3.33. The molecular formula is C14H18N4O2S. The summed E-state index contributed by atoms with van der Waals surface area (Å²) >= 11 is 0. The molecule has 21 heavy (non-hydrogen) atoms. The van der Waals surface area contributed by atoms with Crippen molar-refractivity contribution in [2.75, 3.05) is 0 Å². The summed E-state index contributed by atoms with van der Waals surface area (Å²) in [7, 11) is -1.80. The van der Waals surface area contributed by atoms with Gasteiger partial charge in [-0.25, -0.2) is 18.1 Å². The van der Waals surface area contributed by atoms with E-state index in [9.17, 15) is 8.42 Å². The Kier molecular flexibility index (Phi) is 3.56. The Hall–Kier alpha value is -1.70. The van der Waals surface area contributed by atoms with Crippen LogP contribution < -0.4 is 10.0 Å². The molecule has 2 aromatic rings. The quantitative estimate of drug-likeness (QED) is 0.876. The van der Waals surface area contributed by atoms with Crippen molar-refractivity contribution >= 4 is 10.0 Å². The molecule has 0 unspecified atom stereocenters. The molecule has 3 rings (SSSR count). The zero-order chi connectivity index (χ0) is 15.0. The van der Waals surface area contributed by atoms with Crippen LogP contribution in [-0.4, -0.2) is 18.0 Å². The molecule has 1 aromatic carbocycles. The number of sulfonamides is 1. The molecule has 0 fully saturated rings. The molecule has 112 valence electrons. The zero-order valence-corrected chi connectivity index (χ0v) is 12.9. The number of hydrogen-bond donors (Lipinski definition) is 2. The molecule has 2 heterocycles. The third-order valence-electron chi connectivity index (χ3n) is 3.73. The number of aromatic nitrogens is 2. The molecule has 1 aromatic heterocycles. The molecule has 1 aliphatic heterocycles. The van der Waals surface area contributed by atoms with E-state index in [1.54, 1.807) is 18.5 Å². The van der Waals surface area contributed by atoms with E-state index in [-0.39, 0.29) is 11.6 Å². The Morgan fingerprint density at radius 3 is 2.81 bits per heavy atom. The lowest BCUT2D eigenvalue weighted by Gasteiger charge is -2.06. The van der Waals surface area contributed by atoms with Crippen LogP contribution in [0, 0.1) is 6.92 Å². The van der Waals surface area contributed by atoms with E-state index in [0.29, 0.717) is 5.82 Å². The van der Waals surface area contributed by atoms with E-state index in [1.165, 1.54) is 17.3 Å². The number of benzene rings is 1. The van der Waals surface area contributed by atoms with Gasteiger partial charge in [0.15, 0.2) is 5.03 Å². The van der Waals surface area contributed by atoms with Crippen molar-refractivity contribution in [2.45, 2.75) is 31.6 Å². The fourth-order valence-corrected chi connectivity index (χ4v) is 3.42. The largest absolute Gasteiger partial charge is 0.337 e. The predicted octanol–water partition coefficient (Wildman–Crippen LogP) is 0.810. The van der Waals surface area contributed by atoms with Gasteiger partial charge in [0.1, 0.15) is 5.82 Å². The van der Waals surface area contributed by atoms with Gasteiger partial charge < -0.3 is 9.88 Å². The third kappa shape index (κ3) is 2.85. The van der Waals surface area contributed by atoms with Gasteiger partial charge in [-0.15, -0.1) is 0 Å². The highest BCUT2D eigenvalue weighted by molar-refractivity contribution is 7.89. The minimum atomic E-state index is -3.57. The van der Waals surface area contributed by atoms with E-state index in [0.717, 1.165) is 18.7 Å². The average molecular weight is 306 g/mol. The summed E-state index contributed by atoms with van der Waals surface area (Å²) in [6.45, 7) is 3.77. The first-order valence-corrected chi connectivity index (χ1v) is 8.25. The lowest BCUT2D eigenvalue weighted by atomic mass is 10.1. The van der Waals surface area contributed by atoms with Crippen LogP contribution in [0.3, 0.4) is 0 Å². The summed E-state index contributed by atoms with van der Waals surface area (Å²) in [5.41, 5.74) is 3.47. The zero-order valence-electron chi connectivity index (χ0n) is 12.0. The van der Waals surface area contributed by atoms with Crippen LogP contribution in [0.15, 0.2) is 29.4 Å². The number of fused-ring (bicyclic) bond motifs is 1. The van der Waals surface area contributed by atoms with Crippen LogP contribution in [0.2, 0.25) is 0 Å². The van der Waals surface area contributed by atoms with Crippen LogP contribution in [0.5, 0.6) is 0 Å². The maximum absolute atomic E-state index is 12.2. The SMILES string of the molecule is Cc1nc(S(=O)(=O)NCc2ccc3c(c2)CNC3)cn1C. The molecule has 7 heteroatoms. The fourth-order valence-electron chi connectivity index (χ4n) is 2.37. The van der Waals surface area contributed by atoms with Gasteiger partial charge in [0.25, 0.3) is 10.0 Å². The van der Waals surface area contributed by atoms with E-state index in [4.69, 9.17) is 0 Å². The van der Waals surface area contributed by atoms with Crippen molar-refractivity contribution in [2.24, 2.45) is 7.05 Å². The van der Waals surface area contributed by atoms with Gasteiger partial charge in [-0.1, -0.05) is 18.2 Å². The molecule has 6 nitrogen and oxygen atoms in total. The predicted molar refractivity (Wildman–Crippen MR) is 79.0 cm³/mol. The van der Waals surface area contributed by atoms with Gasteiger partial charge >= 0.3 is 0 Å². The number of imidazole rings is 1. The molecule has 0 bridgehead atoms. The van der Waals surface area contributed by atoms with Crippen LogP contribution in [0.1, 0.15) is 22.5 Å². The molecular weight excluding hydrogens is 288 g/mol. The summed E-state index contributed by atoms with van der Waals surface area (Å²) in [6.07, 6.45) is 1.52. The molecule has 1 aliphatic rings. The van der Waals surface area contributed by atoms with Crippen LogP contribution in [0.4, 0.5) is 0 Å². The number of aryl methyl sites for hydroxylation is 2. The van der Waals surface area contributed by atoms with Crippen molar-refractivity contribution < 1.29 is 8.42 Å². The minimum absolute atomic E-state index is 0.0605. The summed E-state index contributed by atoms with van der Waals surface area (Å²) in [6, 6.07) is 6.05. The number of hydrogen-bond acceptors (Lipinski definition) is 4. The minimum Gasteiger partial charge on any atom is -0.337 e. The topological polar surface area (TPSA) is 76.0 Å². The smallest absolute Gasteiger partial charge is 0.259 e. The molecule has 2 N–H and O–H groups in total. The Labute approximate surface area is 124 Å². The fraction of sp³-hybridized carbons (Fsp3) is 0.357. The van der Waals surface area contributed by atoms with E-state index < -0.39 is 10.0 Å². The standard InChI is InChI=1S/C14H18N4O2S/c1-10-17-14(9-18(10)2)21(19,20)16-6-11-3-4-12-7-15-8-13(12)5-11/h3-5,9,15-16H,6-8H2,1-2H3. The van der Waals surface area contributed by atoms with E-state index in [2.05, 4.69) is 15.0 Å². The highest BCUT2D eigenvalue weighted by atomic mass is 32.2. The summed E-state index contributed by atoms with van der Waals surface area (Å²) in [4.78, 5) is 4.05. The van der Waals surface area contributed by atoms with Crippen molar-refractivity contribution in [3.8, 4) is 0 Å². The highest BCUT2D eigenvalue weighted by Gasteiger charge is 2.18. The summed E-state index contributed by atoms with van der Waals surface area (Å²) < 4.78 is 28.7. The Balaban J connectivity index is 1.75. The van der Waals surface area contributed by atoms with Gasteiger partial charge in [0.05, 0.1) is 0 Å². The van der Waals surface area contributed by atoms with Crippen molar-refractivity contribution in [1.29, 1.82) is 0 Å². The van der Waals surface area contributed by atoms with Gasteiger partial charge in [-0.2, -0.15) is 0 Å². The number of rotatable bonds is 4. The van der Waals surface area contributed by atoms with Gasteiger partial charge in [-0.05, 0) is 23.6 Å². The lowest BCUT2D eigenvalue weighted by molar-refractivity contribution is 0.578. The van der Waals surface area contributed by atoms with Crippen molar-refractivity contribution in [3.05, 3.63) is 46.9 Å². The van der Waals surface area contributed by atoms with Crippen molar-refractivity contribution in [1.82, 2.24) is 19.6 Å². The molecule has 0 spiro atoms. The molecule has 0 aliphatic carbocycles. The molecule has 0 saturated carbocycles. The second kappa shape index (κ2) is 5.25. The first-order valence-electron chi connectivity index (χ1n) is 6.77. The average Bonchev–Trinajstić information content (AvgIpc) is 3.04. The van der Waals surface area contributed by atoms with E-state index in [1.807, 2.05) is 18.2 Å². The highest BCUT2D eigenvalue weighted by Crippen LogP contribution is 2.17. The van der Waals surface area contributed by atoms with Gasteiger partial charge in [0.2, 0.25) is 0 Å². The Bertz CT molecular complexity index is 761. The van der Waals surface area contributed by atoms with Crippen LogP contribution in [0.25, 0.3) is 0 Å². The molecule has 0 saturated heterocycles. The third-order valence-corrected chi connectivity index (χ3v) is 5.00. The molecule has 0 atom stereocenters. The normalized spacial score (nSPS) is 14.4. The Morgan fingerprint density at radius 1 is 1.33 bits per heavy atom. The maximum atomic E-state index is 12.2. The van der Waals surface area contributed by atoms with Gasteiger partial charge in [0, 0.05) is 32.9 Å². The molecule has 0 amide bonds. The maximum Gasteiger partial charge on any atom is 0.259 e. The number of nitrogens with zero attached hydrogens (tertiary/aromatic N) is 2. The van der Waals surface area contributed by atoms with Crippen molar-refractivity contribution in [3.63, 3.8) is 0 Å². The van der Waals surface area contributed by atoms with Crippen LogP contribution >= 0.6 is 0 Å². The van der Waals surface area contributed by atoms with E-state index >= 15 is 0 Å².